The van der Waals surface area contributed by atoms with E-state index in [0.717, 1.165) is 13.8 Å². The number of ether oxygens (including phenoxy) is 4. The number of aliphatic hydroxyl groups is 1. The van der Waals surface area contributed by atoms with Crippen molar-refractivity contribution >= 4 is 17.9 Å². The van der Waals surface area contributed by atoms with Gasteiger partial charge < -0.3 is 24.1 Å². The minimum Gasteiger partial charge on any atom is -0.456 e. The Labute approximate surface area is 115 Å². The Morgan fingerprint density at radius 2 is 1.25 bits per heavy atom. The molecule has 0 aromatic carbocycles. The van der Waals surface area contributed by atoms with Crippen molar-refractivity contribution in [2.75, 3.05) is 0 Å². The largest absolute Gasteiger partial charge is 0.456 e. The maximum atomic E-state index is 11.2. The normalized spacial score (nSPS) is 33.1. The lowest BCUT2D eigenvalue weighted by molar-refractivity contribution is -0.288. The van der Waals surface area contributed by atoms with Crippen LogP contribution in [0, 0.1) is 0 Å². The van der Waals surface area contributed by atoms with E-state index in [2.05, 4.69) is 0 Å². The van der Waals surface area contributed by atoms with E-state index >= 15 is 0 Å². The minimum absolute atomic E-state index is 0.611. The van der Waals surface area contributed by atoms with Crippen LogP contribution >= 0.6 is 0 Å². The van der Waals surface area contributed by atoms with Crippen LogP contribution in [-0.4, -0.2) is 53.7 Å². The van der Waals surface area contributed by atoms with E-state index in [0.29, 0.717) is 0 Å². The van der Waals surface area contributed by atoms with Gasteiger partial charge in [0.2, 0.25) is 0 Å². The van der Waals surface area contributed by atoms with Crippen molar-refractivity contribution in [3.05, 3.63) is 0 Å². The van der Waals surface area contributed by atoms with E-state index in [1.54, 1.807) is 0 Å². The summed E-state index contributed by atoms with van der Waals surface area (Å²) in [6.45, 7) is 5.01. The molecule has 1 fully saturated rings. The fraction of sp³-hybridized carbons (Fsp3) is 0.750. The molecule has 1 rings (SSSR count). The highest BCUT2D eigenvalue weighted by molar-refractivity contribution is 5.68. The molecule has 4 unspecified atom stereocenters. The summed E-state index contributed by atoms with van der Waals surface area (Å²) in [5.41, 5.74) is 0. The third kappa shape index (κ3) is 4.17. The number of hydrogen-bond donors (Lipinski definition) is 1. The molecule has 0 radical (unpaired) electrons. The monoisotopic (exact) mass is 290 g/mol. The molecular formula is C12H18O8. The first kappa shape index (κ1) is 16.4. The van der Waals surface area contributed by atoms with Crippen LogP contribution in [0.3, 0.4) is 0 Å². The fourth-order valence-electron chi connectivity index (χ4n) is 1.99. The van der Waals surface area contributed by atoms with Gasteiger partial charge in [0.25, 0.3) is 0 Å². The van der Waals surface area contributed by atoms with Crippen molar-refractivity contribution < 1.29 is 38.4 Å². The molecule has 0 aliphatic carbocycles. The number of carbonyl (C=O) groups excluding carboxylic acids is 3. The van der Waals surface area contributed by atoms with Gasteiger partial charge in [0, 0.05) is 20.8 Å². The molecule has 0 saturated carbocycles. The molecule has 1 heterocycles. The van der Waals surface area contributed by atoms with Gasteiger partial charge >= 0.3 is 17.9 Å². The molecule has 8 heteroatoms. The maximum Gasteiger partial charge on any atom is 0.303 e. The molecule has 1 N–H and O–H groups in total. The first-order valence-corrected chi connectivity index (χ1v) is 6.07. The Hall–Kier alpha value is -1.67. The second-order valence-corrected chi connectivity index (χ2v) is 4.45. The average molecular weight is 290 g/mol. The summed E-state index contributed by atoms with van der Waals surface area (Å²) in [6, 6.07) is 0. The van der Waals surface area contributed by atoms with E-state index < -0.39 is 48.6 Å². The summed E-state index contributed by atoms with van der Waals surface area (Å²) < 4.78 is 20.1. The van der Waals surface area contributed by atoms with Gasteiger partial charge in [-0.2, -0.15) is 0 Å². The van der Waals surface area contributed by atoms with Gasteiger partial charge in [0.1, 0.15) is 0 Å². The summed E-state index contributed by atoms with van der Waals surface area (Å²) in [7, 11) is 0. The lowest BCUT2D eigenvalue weighted by atomic mass is 9.99. The van der Waals surface area contributed by atoms with Crippen molar-refractivity contribution in [3.8, 4) is 0 Å². The standard InChI is InChI=1S/C12H18O8/c1-5-9(18-6(2)13)10(19-7(3)14)11(12(16)17-5)20-8(4)15/h5,9-12,16H,1-4H3/t5?,9?,10?,11-,12?/m0/s1. The third-order valence-electron chi connectivity index (χ3n) is 2.65. The Morgan fingerprint density at radius 3 is 1.70 bits per heavy atom. The van der Waals surface area contributed by atoms with Crippen LogP contribution in [0.2, 0.25) is 0 Å². The first-order chi connectivity index (χ1) is 9.22. The number of rotatable bonds is 3. The molecule has 0 amide bonds. The molecule has 20 heavy (non-hydrogen) atoms. The number of hydrogen-bond acceptors (Lipinski definition) is 8. The predicted octanol–water partition coefficient (Wildman–Crippen LogP) is -0.481. The predicted molar refractivity (Wildman–Crippen MR) is 63.2 cm³/mol. The van der Waals surface area contributed by atoms with Gasteiger partial charge in [-0.3, -0.25) is 14.4 Å². The second kappa shape index (κ2) is 6.67. The highest BCUT2D eigenvalue weighted by Gasteiger charge is 2.49. The summed E-state index contributed by atoms with van der Waals surface area (Å²) in [5.74, 6) is -1.96. The van der Waals surface area contributed by atoms with Gasteiger partial charge in [-0.05, 0) is 6.92 Å². The number of carbonyl (C=O) groups is 3. The van der Waals surface area contributed by atoms with Crippen LogP contribution in [0.5, 0.6) is 0 Å². The van der Waals surface area contributed by atoms with Crippen molar-refractivity contribution in [1.82, 2.24) is 0 Å². The van der Waals surface area contributed by atoms with Gasteiger partial charge in [0.15, 0.2) is 24.6 Å². The van der Waals surface area contributed by atoms with E-state index in [1.807, 2.05) is 0 Å². The highest BCUT2D eigenvalue weighted by atomic mass is 16.7. The van der Waals surface area contributed by atoms with Gasteiger partial charge in [-0.15, -0.1) is 0 Å². The Bertz CT molecular complexity index is 365. The lowest BCUT2D eigenvalue weighted by Crippen LogP contribution is -2.60. The highest BCUT2D eigenvalue weighted by Crippen LogP contribution is 2.27. The maximum absolute atomic E-state index is 11.2. The van der Waals surface area contributed by atoms with Crippen LogP contribution in [0.15, 0.2) is 0 Å². The molecule has 8 nitrogen and oxygen atoms in total. The van der Waals surface area contributed by atoms with Crippen molar-refractivity contribution in [2.24, 2.45) is 0 Å². The van der Waals surface area contributed by atoms with Crippen LogP contribution in [0.1, 0.15) is 27.7 Å². The van der Waals surface area contributed by atoms with Crippen molar-refractivity contribution in [1.29, 1.82) is 0 Å². The quantitative estimate of drug-likeness (QED) is 0.548. The average Bonchev–Trinajstić information content (AvgIpc) is 2.27. The van der Waals surface area contributed by atoms with Crippen molar-refractivity contribution in [3.63, 3.8) is 0 Å². The van der Waals surface area contributed by atoms with Gasteiger partial charge in [-0.1, -0.05) is 0 Å². The molecule has 0 aromatic rings. The van der Waals surface area contributed by atoms with E-state index in [4.69, 9.17) is 18.9 Å². The zero-order valence-corrected chi connectivity index (χ0v) is 11.7. The summed E-state index contributed by atoms with van der Waals surface area (Å²) in [4.78, 5) is 33.3. The molecule has 1 saturated heterocycles. The Balaban J connectivity index is 3.01. The first-order valence-electron chi connectivity index (χ1n) is 6.07. The molecule has 0 aromatic heterocycles. The zero-order chi connectivity index (χ0) is 15.4. The molecular weight excluding hydrogens is 272 g/mol. The van der Waals surface area contributed by atoms with Crippen LogP contribution in [0.25, 0.3) is 0 Å². The molecule has 0 bridgehead atoms. The summed E-state index contributed by atoms with van der Waals surface area (Å²) >= 11 is 0. The molecule has 0 spiro atoms. The van der Waals surface area contributed by atoms with Gasteiger partial charge in [-0.25, -0.2) is 0 Å². The van der Waals surface area contributed by atoms with E-state index in [1.165, 1.54) is 13.8 Å². The van der Waals surface area contributed by atoms with Crippen LogP contribution in [-0.2, 0) is 33.3 Å². The summed E-state index contributed by atoms with van der Waals surface area (Å²) in [6.07, 6.45) is -5.60. The molecule has 1 aliphatic heterocycles. The fourth-order valence-corrected chi connectivity index (χ4v) is 1.99. The van der Waals surface area contributed by atoms with E-state index in [9.17, 15) is 19.5 Å². The van der Waals surface area contributed by atoms with Crippen molar-refractivity contribution in [2.45, 2.75) is 58.4 Å². The smallest absolute Gasteiger partial charge is 0.303 e. The second-order valence-electron chi connectivity index (χ2n) is 4.45. The molecule has 1 aliphatic rings. The third-order valence-corrected chi connectivity index (χ3v) is 2.65. The Morgan fingerprint density at radius 1 is 0.850 bits per heavy atom. The summed E-state index contributed by atoms with van der Waals surface area (Å²) in [5, 5.41) is 9.79. The molecule has 114 valence electrons. The van der Waals surface area contributed by atoms with E-state index in [-0.39, 0.29) is 0 Å². The SMILES string of the molecule is CC(=O)OC1C(C)OC(O)[C@@H](OC(C)=O)C1OC(C)=O. The zero-order valence-electron chi connectivity index (χ0n) is 11.7. The van der Waals surface area contributed by atoms with Crippen LogP contribution in [0.4, 0.5) is 0 Å². The lowest BCUT2D eigenvalue weighted by Gasteiger charge is -2.41. The van der Waals surface area contributed by atoms with Gasteiger partial charge in [0.05, 0.1) is 6.10 Å². The number of aliphatic hydroxyl groups excluding tert-OH is 1. The molecule has 5 atom stereocenters. The van der Waals surface area contributed by atoms with Crippen LogP contribution < -0.4 is 0 Å². The minimum atomic E-state index is -1.48. The number of esters is 3. The topological polar surface area (TPSA) is 108 Å². The Kier molecular flexibility index (Phi) is 5.46.